The third-order valence-electron chi connectivity index (χ3n) is 3.93. The first-order valence-corrected chi connectivity index (χ1v) is 7.94. The van der Waals surface area contributed by atoms with Gasteiger partial charge in [-0.15, -0.1) is 5.10 Å². The lowest BCUT2D eigenvalue weighted by Gasteiger charge is -2.39. The Morgan fingerprint density at radius 1 is 1.22 bits per heavy atom. The van der Waals surface area contributed by atoms with Gasteiger partial charge in [0.05, 0.1) is 25.2 Å². The van der Waals surface area contributed by atoms with Gasteiger partial charge in [0.15, 0.2) is 0 Å². The van der Waals surface area contributed by atoms with Crippen molar-refractivity contribution in [2.24, 2.45) is 0 Å². The van der Waals surface area contributed by atoms with E-state index in [2.05, 4.69) is 10.3 Å². The maximum absolute atomic E-state index is 12.2. The molecule has 3 N–H and O–H groups in total. The number of hydrogen-bond donors (Lipinski definition) is 3. The number of carbonyl (C=O) groups excluding carboxylic acids is 1. The molecule has 2 heterocycles. The number of carboxylic acids is 2. The number of aromatic hydroxyl groups is 1. The van der Waals surface area contributed by atoms with Crippen LogP contribution in [0.15, 0.2) is 24.4 Å². The van der Waals surface area contributed by atoms with Crippen molar-refractivity contribution in [3.05, 3.63) is 35.7 Å². The molecule has 1 aliphatic rings. The van der Waals surface area contributed by atoms with Crippen LogP contribution in [-0.2, 0) is 22.6 Å². The largest absolute Gasteiger partial charge is 0.507 e. The molecule has 0 atom stereocenters. The fourth-order valence-electron chi connectivity index (χ4n) is 2.63. The van der Waals surface area contributed by atoms with E-state index < -0.39 is 23.8 Å². The van der Waals surface area contributed by atoms with Crippen molar-refractivity contribution in [2.45, 2.75) is 19.1 Å². The first kappa shape index (κ1) is 18.2. The van der Waals surface area contributed by atoms with Gasteiger partial charge in [-0.05, 0) is 12.1 Å². The first-order valence-electron chi connectivity index (χ1n) is 7.94. The van der Waals surface area contributed by atoms with Gasteiger partial charge in [-0.2, -0.15) is 0 Å². The number of amides is 1. The van der Waals surface area contributed by atoms with Gasteiger partial charge in [0.2, 0.25) is 5.91 Å². The van der Waals surface area contributed by atoms with Crippen molar-refractivity contribution < 1.29 is 34.4 Å². The molecule has 0 aliphatic carbocycles. The van der Waals surface area contributed by atoms with Gasteiger partial charge in [-0.25, -0.2) is 9.48 Å². The summed E-state index contributed by atoms with van der Waals surface area (Å²) in [4.78, 5) is 35.5. The summed E-state index contributed by atoms with van der Waals surface area (Å²) in [6.07, 6.45) is 0.973. The second-order valence-corrected chi connectivity index (χ2v) is 5.97. The maximum atomic E-state index is 12.2. The number of hydrogen-bond acceptors (Lipinski definition) is 7. The number of carboxylic acid groups (broad SMARTS) is 2. The average Bonchev–Trinajstić information content (AvgIpc) is 2.95. The van der Waals surface area contributed by atoms with E-state index in [-0.39, 0.29) is 43.3 Å². The Balaban J connectivity index is 1.53. The summed E-state index contributed by atoms with van der Waals surface area (Å²) in [5, 5.41) is 34.9. The molecule has 1 aliphatic heterocycles. The van der Waals surface area contributed by atoms with E-state index in [9.17, 15) is 19.5 Å². The lowest BCUT2D eigenvalue weighted by molar-refractivity contribution is -0.139. The number of aromatic nitrogens is 3. The van der Waals surface area contributed by atoms with Gasteiger partial charge in [0.1, 0.15) is 29.7 Å². The summed E-state index contributed by atoms with van der Waals surface area (Å²) in [5.74, 6) is -2.95. The van der Waals surface area contributed by atoms with Gasteiger partial charge in [0, 0.05) is 6.20 Å². The van der Waals surface area contributed by atoms with Crippen LogP contribution >= 0.6 is 0 Å². The van der Waals surface area contributed by atoms with Gasteiger partial charge < -0.3 is 25.0 Å². The molecule has 0 saturated carbocycles. The number of ether oxygens (including phenoxy) is 1. The molecule has 1 saturated heterocycles. The maximum Gasteiger partial charge on any atom is 0.343 e. The molecule has 11 heteroatoms. The Kier molecular flexibility index (Phi) is 4.92. The predicted octanol–water partition coefficient (Wildman–Crippen LogP) is -0.401. The third kappa shape index (κ3) is 4.14. The molecule has 0 spiro atoms. The summed E-state index contributed by atoms with van der Waals surface area (Å²) >= 11 is 0. The minimum absolute atomic E-state index is 0.0289. The summed E-state index contributed by atoms with van der Waals surface area (Å²) in [7, 11) is 0. The molecule has 0 radical (unpaired) electrons. The summed E-state index contributed by atoms with van der Waals surface area (Å²) in [5.41, 5.74) is 0.0316. The number of likely N-dealkylation sites (tertiary alicyclic amines) is 1. The van der Waals surface area contributed by atoms with Crippen molar-refractivity contribution in [1.82, 2.24) is 19.9 Å². The molecule has 0 unspecified atom stereocenters. The average molecular weight is 376 g/mol. The topological polar surface area (TPSA) is 155 Å². The Labute approximate surface area is 152 Å². The highest BCUT2D eigenvalue weighted by atomic mass is 16.5. The normalized spacial score (nSPS) is 13.9. The number of aromatic carboxylic acids is 1. The zero-order chi connectivity index (χ0) is 19.6. The van der Waals surface area contributed by atoms with Crippen LogP contribution < -0.4 is 4.74 Å². The Hall–Kier alpha value is -3.63. The number of benzene rings is 1. The van der Waals surface area contributed by atoms with Gasteiger partial charge in [-0.3, -0.25) is 9.59 Å². The van der Waals surface area contributed by atoms with Crippen LogP contribution in [0.5, 0.6) is 11.5 Å². The lowest BCUT2D eigenvalue weighted by Crippen LogP contribution is -2.56. The molecule has 1 amide bonds. The minimum atomic E-state index is -1.31. The van der Waals surface area contributed by atoms with Crippen LogP contribution in [0, 0.1) is 0 Å². The van der Waals surface area contributed by atoms with Gasteiger partial charge >= 0.3 is 11.9 Å². The molecular formula is C16H16N4O7. The molecule has 1 aromatic carbocycles. The number of aliphatic carboxylic acids is 1. The number of nitrogens with zero attached hydrogens (tertiary/aromatic N) is 4. The van der Waals surface area contributed by atoms with E-state index in [1.54, 1.807) is 0 Å². The highest BCUT2D eigenvalue weighted by Crippen LogP contribution is 2.29. The predicted molar refractivity (Wildman–Crippen MR) is 87.4 cm³/mol. The van der Waals surface area contributed by atoms with Crippen LogP contribution in [0.25, 0.3) is 0 Å². The van der Waals surface area contributed by atoms with Crippen LogP contribution in [0.2, 0.25) is 0 Å². The zero-order valence-electron chi connectivity index (χ0n) is 14.0. The molecule has 3 rings (SSSR count). The van der Waals surface area contributed by atoms with Crippen LogP contribution in [0.3, 0.4) is 0 Å². The standard InChI is InChI=1S/C16H16N4O7/c21-11-2-1-3-12(15(11)16(25)26)27-10-6-19(7-10)13(22)4-9-5-20(18-17-9)8-14(23)24/h1-3,5,10,21H,4,6-8H2,(H,23,24)(H,25,26). The Morgan fingerprint density at radius 3 is 2.63 bits per heavy atom. The Morgan fingerprint density at radius 2 is 1.96 bits per heavy atom. The van der Waals surface area contributed by atoms with E-state index >= 15 is 0 Å². The van der Waals surface area contributed by atoms with Crippen molar-refractivity contribution in [1.29, 1.82) is 0 Å². The van der Waals surface area contributed by atoms with E-state index in [1.165, 1.54) is 29.3 Å². The summed E-state index contributed by atoms with van der Waals surface area (Å²) in [6, 6.07) is 4.16. The van der Waals surface area contributed by atoms with Gasteiger partial charge in [0.25, 0.3) is 0 Å². The fraction of sp³-hybridized carbons (Fsp3) is 0.312. The molecule has 2 aromatic rings. The molecule has 27 heavy (non-hydrogen) atoms. The zero-order valence-corrected chi connectivity index (χ0v) is 14.0. The van der Waals surface area contributed by atoms with Gasteiger partial charge in [-0.1, -0.05) is 11.3 Å². The molecule has 0 bridgehead atoms. The minimum Gasteiger partial charge on any atom is -0.507 e. The van der Waals surface area contributed by atoms with Crippen molar-refractivity contribution in [2.75, 3.05) is 13.1 Å². The van der Waals surface area contributed by atoms with Crippen LogP contribution in [0.4, 0.5) is 0 Å². The molecular weight excluding hydrogens is 360 g/mol. The fourth-order valence-corrected chi connectivity index (χ4v) is 2.63. The highest BCUT2D eigenvalue weighted by molar-refractivity contribution is 5.94. The molecule has 1 fully saturated rings. The quantitative estimate of drug-likeness (QED) is 0.585. The molecule has 1 aromatic heterocycles. The number of carbonyl (C=O) groups is 3. The van der Waals surface area contributed by atoms with E-state index in [4.69, 9.17) is 14.9 Å². The summed E-state index contributed by atoms with van der Waals surface area (Å²) < 4.78 is 6.70. The van der Waals surface area contributed by atoms with E-state index in [0.29, 0.717) is 5.69 Å². The second-order valence-electron chi connectivity index (χ2n) is 5.97. The van der Waals surface area contributed by atoms with E-state index in [0.717, 1.165) is 4.68 Å². The second kappa shape index (κ2) is 7.32. The third-order valence-corrected chi connectivity index (χ3v) is 3.93. The Bertz CT molecular complexity index is 889. The number of rotatable bonds is 7. The molecule has 11 nitrogen and oxygen atoms in total. The van der Waals surface area contributed by atoms with Crippen LogP contribution in [-0.4, -0.2) is 72.3 Å². The van der Waals surface area contributed by atoms with Crippen LogP contribution in [0.1, 0.15) is 16.1 Å². The lowest BCUT2D eigenvalue weighted by atomic mass is 10.1. The SMILES string of the molecule is O=C(O)Cn1cc(CC(=O)N2CC(Oc3cccc(O)c3C(=O)O)C2)nn1. The number of phenols is 1. The monoisotopic (exact) mass is 376 g/mol. The summed E-state index contributed by atoms with van der Waals surface area (Å²) in [6.45, 7) is 0.185. The van der Waals surface area contributed by atoms with Crippen molar-refractivity contribution in [3.8, 4) is 11.5 Å². The van der Waals surface area contributed by atoms with E-state index in [1.807, 2.05) is 0 Å². The van der Waals surface area contributed by atoms with Crippen molar-refractivity contribution in [3.63, 3.8) is 0 Å². The highest BCUT2D eigenvalue weighted by Gasteiger charge is 2.33. The first-order chi connectivity index (χ1) is 12.8. The van der Waals surface area contributed by atoms with Crippen molar-refractivity contribution >= 4 is 17.8 Å². The molecule has 142 valence electrons. The smallest absolute Gasteiger partial charge is 0.343 e.